The quantitative estimate of drug-likeness (QED) is 0.377. The maximum Gasteiger partial charge on any atom is 0.0975 e. The maximum atomic E-state index is 13.2. The van der Waals surface area contributed by atoms with Crippen LogP contribution < -0.4 is 10.0 Å². The fourth-order valence-electron chi connectivity index (χ4n) is 11.1. The zero-order valence-electron chi connectivity index (χ0n) is 23.1. The van der Waals surface area contributed by atoms with Crippen LogP contribution in [0.3, 0.4) is 0 Å². The smallest absolute Gasteiger partial charge is 0.0975 e. The van der Waals surface area contributed by atoms with Crippen molar-refractivity contribution in [3.8, 4) is 0 Å². The fraction of sp³-hybridized carbons (Fsp3) is 0.812. The molecule has 36 heavy (non-hydrogen) atoms. The normalized spacial score (nSPS) is 45.1. The third-order valence-corrected chi connectivity index (χ3v) is 17.0. The van der Waals surface area contributed by atoms with E-state index in [0.717, 1.165) is 35.5 Å². The summed E-state index contributed by atoms with van der Waals surface area (Å²) in [6.45, 7) is 8.56. The number of rotatable bonds is 6. The van der Waals surface area contributed by atoms with Gasteiger partial charge in [-0.1, -0.05) is 32.2 Å². The molecule has 1 aromatic rings. The van der Waals surface area contributed by atoms with Crippen LogP contribution in [-0.4, -0.2) is 19.3 Å². The van der Waals surface area contributed by atoms with Crippen LogP contribution in [-0.2, 0) is 11.0 Å². The summed E-state index contributed by atoms with van der Waals surface area (Å²) in [4.78, 5) is 0. The molecule has 0 saturated heterocycles. The second-order valence-corrected chi connectivity index (χ2v) is 20.4. The van der Waals surface area contributed by atoms with Gasteiger partial charge in [-0.05, 0) is 161 Å². The SMILES string of the molecule is CC(NS(=O)C(C)(C)C)c1ccccc1P(C12CC3CC(CC(C3)C1)C2)C12CC3CC(CC(C3)C1)C2. The molecule has 8 aliphatic rings. The summed E-state index contributed by atoms with van der Waals surface area (Å²) in [5.41, 5.74) is 1.48. The van der Waals surface area contributed by atoms with E-state index in [9.17, 15) is 4.21 Å². The van der Waals surface area contributed by atoms with Crippen molar-refractivity contribution in [1.29, 1.82) is 0 Å². The molecule has 1 aromatic carbocycles. The molecule has 0 heterocycles. The van der Waals surface area contributed by atoms with E-state index in [1.165, 1.54) is 82.6 Å². The van der Waals surface area contributed by atoms with Gasteiger partial charge in [0.15, 0.2) is 0 Å². The van der Waals surface area contributed by atoms with Gasteiger partial charge in [0.25, 0.3) is 0 Å². The minimum atomic E-state index is -1.05. The maximum absolute atomic E-state index is 13.2. The molecule has 4 heteroatoms. The Bertz CT molecular complexity index is 928. The first-order chi connectivity index (χ1) is 17.1. The summed E-state index contributed by atoms with van der Waals surface area (Å²) in [6.07, 6.45) is 18.4. The lowest BCUT2D eigenvalue weighted by Crippen LogP contribution is -2.58. The lowest BCUT2D eigenvalue weighted by molar-refractivity contribution is 0.0195. The fourth-order valence-corrected chi connectivity index (χ4v) is 17.4. The second-order valence-electron chi connectivity index (χ2n) is 15.4. The largest absolute Gasteiger partial charge is 0.242 e. The molecule has 2 unspecified atom stereocenters. The van der Waals surface area contributed by atoms with Crippen molar-refractivity contribution in [2.24, 2.45) is 35.5 Å². The summed E-state index contributed by atoms with van der Waals surface area (Å²) in [7, 11) is -1.30. The minimum absolute atomic E-state index is 0.133. The van der Waals surface area contributed by atoms with E-state index in [1.807, 2.05) is 0 Å². The highest BCUT2D eigenvalue weighted by Gasteiger charge is 2.63. The van der Waals surface area contributed by atoms with Crippen molar-refractivity contribution >= 4 is 24.2 Å². The van der Waals surface area contributed by atoms with Gasteiger partial charge in [0.2, 0.25) is 0 Å². The predicted octanol–water partition coefficient (Wildman–Crippen LogP) is 7.84. The highest BCUT2D eigenvalue weighted by Crippen LogP contribution is 2.78. The van der Waals surface area contributed by atoms with Gasteiger partial charge in [-0.25, -0.2) is 8.93 Å². The first kappa shape index (κ1) is 24.8. The third-order valence-electron chi connectivity index (χ3n) is 11.4. The monoisotopic (exact) mass is 525 g/mol. The standard InChI is InChI=1S/C32H48NOPS/c1-21(33-36(34)30(2,3)4)28-7-5-6-8-29(28)35(31-15-22-9-23(16-31)11-24(10-22)17-31)32-18-25-12-26(19-32)14-27(13-25)20-32/h5-8,21-27,33H,9-20H2,1-4H3. The Morgan fingerprint density at radius 3 is 1.56 bits per heavy atom. The summed E-state index contributed by atoms with van der Waals surface area (Å²) in [6, 6.07) is 9.71. The molecule has 198 valence electrons. The Kier molecular flexibility index (Phi) is 5.94. The van der Waals surface area contributed by atoms with Crippen LogP contribution in [0.4, 0.5) is 0 Å². The van der Waals surface area contributed by atoms with E-state index in [2.05, 4.69) is 56.7 Å². The molecule has 2 atom stereocenters. The van der Waals surface area contributed by atoms with Crippen molar-refractivity contribution in [3.63, 3.8) is 0 Å². The molecule has 8 saturated carbocycles. The Morgan fingerprint density at radius 1 is 0.778 bits per heavy atom. The van der Waals surface area contributed by atoms with Crippen molar-refractivity contribution in [2.45, 2.75) is 126 Å². The Morgan fingerprint density at radius 2 is 1.17 bits per heavy atom. The zero-order valence-corrected chi connectivity index (χ0v) is 24.8. The number of hydrogen-bond acceptors (Lipinski definition) is 1. The van der Waals surface area contributed by atoms with Gasteiger partial charge < -0.3 is 0 Å². The summed E-state index contributed by atoms with van der Waals surface area (Å²) in [5.74, 6) is 6.03. The molecular weight excluding hydrogens is 477 g/mol. The molecule has 2 nitrogen and oxygen atoms in total. The van der Waals surface area contributed by atoms with Crippen LogP contribution in [0.1, 0.15) is 116 Å². The highest BCUT2D eigenvalue weighted by atomic mass is 32.2. The molecule has 0 aromatic heterocycles. The lowest BCUT2D eigenvalue weighted by Gasteiger charge is -2.67. The van der Waals surface area contributed by atoms with Gasteiger partial charge in [-0.2, -0.15) is 0 Å². The van der Waals surface area contributed by atoms with E-state index >= 15 is 0 Å². The van der Waals surface area contributed by atoms with Crippen LogP contribution in [0.15, 0.2) is 24.3 Å². The molecule has 0 amide bonds. The van der Waals surface area contributed by atoms with Crippen molar-refractivity contribution in [3.05, 3.63) is 29.8 Å². The topological polar surface area (TPSA) is 29.1 Å². The van der Waals surface area contributed by atoms with Crippen molar-refractivity contribution < 1.29 is 4.21 Å². The molecule has 0 radical (unpaired) electrons. The summed E-state index contributed by atoms with van der Waals surface area (Å²) < 4.78 is 16.5. The summed E-state index contributed by atoms with van der Waals surface area (Å²) >= 11 is 0. The Hall–Kier alpha value is -0.240. The van der Waals surface area contributed by atoms with E-state index < -0.39 is 11.0 Å². The van der Waals surface area contributed by atoms with Gasteiger partial charge in [0.1, 0.15) is 0 Å². The summed E-state index contributed by atoms with van der Waals surface area (Å²) in [5, 5.41) is 2.88. The molecule has 0 spiro atoms. The molecule has 8 fully saturated rings. The highest BCUT2D eigenvalue weighted by molar-refractivity contribution is 7.84. The van der Waals surface area contributed by atoms with Crippen molar-refractivity contribution in [2.75, 3.05) is 0 Å². The van der Waals surface area contributed by atoms with Crippen LogP contribution in [0.2, 0.25) is 0 Å². The van der Waals surface area contributed by atoms with E-state index in [0.29, 0.717) is 10.3 Å². The molecule has 0 aliphatic heterocycles. The van der Waals surface area contributed by atoms with Crippen LogP contribution in [0.5, 0.6) is 0 Å². The van der Waals surface area contributed by atoms with Crippen LogP contribution in [0.25, 0.3) is 0 Å². The van der Waals surface area contributed by atoms with Crippen LogP contribution >= 0.6 is 7.92 Å². The van der Waals surface area contributed by atoms with E-state index in [-0.39, 0.29) is 18.7 Å². The van der Waals surface area contributed by atoms with Gasteiger partial charge in [-0.15, -0.1) is 0 Å². The average molecular weight is 526 g/mol. The molecule has 9 rings (SSSR count). The number of nitrogens with one attached hydrogen (secondary N) is 1. The third kappa shape index (κ3) is 4.03. The van der Waals surface area contributed by atoms with Crippen molar-refractivity contribution in [1.82, 2.24) is 4.72 Å². The van der Waals surface area contributed by atoms with Gasteiger partial charge in [-0.3, -0.25) is 0 Å². The molecule has 8 aliphatic carbocycles. The Labute approximate surface area is 223 Å². The minimum Gasteiger partial charge on any atom is -0.242 e. The lowest BCUT2D eigenvalue weighted by atomic mass is 9.55. The first-order valence-electron chi connectivity index (χ1n) is 15.2. The molecular formula is C32H48NOPS. The number of benzene rings is 1. The second kappa shape index (κ2) is 8.63. The molecule has 8 bridgehead atoms. The Balaban J connectivity index is 1.34. The van der Waals surface area contributed by atoms with E-state index in [1.54, 1.807) is 5.30 Å². The zero-order chi connectivity index (χ0) is 24.9. The van der Waals surface area contributed by atoms with Gasteiger partial charge >= 0.3 is 0 Å². The van der Waals surface area contributed by atoms with Gasteiger partial charge in [0, 0.05) is 6.04 Å². The van der Waals surface area contributed by atoms with E-state index in [4.69, 9.17) is 0 Å². The predicted molar refractivity (Wildman–Crippen MR) is 154 cm³/mol. The average Bonchev–Trinajstić information content (AvgIpc) is 2.76. The number of hydrogen-bond donors (Lipinski definition) is 1. The van der Waals surface area contributed by atoms with Crippen LogP contribution in [0, 0.1) is 35.5 Å². The molecule has 1 N–H and O–H groups in total. The first-order valence-corrected chi connectivity index (χ1v) is 17.7. The van der Waals surface area contributed by atoms with Gasteiger partial charge in [0.05, 0.1) is 15.7 Å².